The largest absolute Gasteiger partial charge is 0.453 e. The molecule has 1 aliphatic rings. The number of esters is 1. The fourth-order valence-corrected chi connectivity index (χ4v) is 4.16. The lowest BCUT2D eigenvalue weighted by atomic mass is 10.1. The van der Waals surface area contributed by atoms with Gasteiger partial charge < -0.3 is 9.16 Å². The molecule has 1 fully saturated rings. The van der Waals surface area contributed by atoms with Crippen molar-refractivity contribution in [2.75, 3.05) is 0 Å². The molecule has 168 valence electrons. The van der Waals surface area contributed by atoms with Gasteiger partial charge in [-0.05, 0) is 38.4 Å². The molecule has 30 heavy (non-hydrogen) atoms. The van der Waals surface area contributed by atoms with Crippen LogP contribution in [0.2, 0.25) is 18.1 Å². The Balaban J connectivity index is 2.66. The highest BCUT2D eigenvalue weighted by Gasteiger charge is 2.66. The van der Waals surface area contributed by atoms with Crippen LogP contribution in [0.4, 0.5) is 8.78 Å². The molecule has 0 saturated heterocycles. The summed E-state index contributed by atoms with van der Waals surface area (Å²) in [6.07, 6.45) is 8.53. The molecular weight excluding hydrogens is 402 g/mol. The average Bonchev–Trinajstić information content (AvgIpc) is 3.12. The van der Waals surface area contributed by atoms with Crippen LogP contribution in [0.3, 0.4) is 0 Å². The van der Waals surface area contributed by atoms with Gasteiger partial charge >= 0.3 is 5.97 Å². The van der Waals surface area contributed by atoms with E-state index in [2.05, 4.69) is 52.3 Å². The fraction of sp³-hybridized carbons (Fsp3) is 0.625. The molecule has 0 spiro atoms. The van der Waals surface area contributed by atoms with Crippen LogP contribution < -0.4 is 0 Å². The number of alkyl halides is 2. The van der Waals surface area contributed by atoms with Crippen LogP contribution in [0.15, 0.2) is 37.0 Å². The van der Waals surface area contributed by atoms with Crippen molar-refractivity contribution in [1.29, 1.82) is 0 Å². The molecule has 0 bridgehead atoms. The second-order valence-electron chi connectivity index (χ2n) is 9.33. The van der Waals surface area contributed by atoms with Gasteiger partial charge in [0.05, 0.1) is 6.10 Å². The Hall–Kier alpha value is -1.71. The van der Waals surface area contributed by atoms with Gasteiger partial charge in [0.25, 0.3) is 5.92 Å². The van der Waals surface area contributed by atoms with Gasteiger partial charge in [-0.25, -0.2) is 13.6 Å². The summed E-state index contributed by atoms with van der Waals surface area (Å²) in [5, 5.41) is 0.0512. The molecule has 0 heterocycles. The van der Waals surface area contributed by atoms with Crippen LogP contribution in [-0.2, 0) is 14.0 Å². The lowest BCUT2D eigenvalue weighted by Crippen LogP contribution is -2.43. The molecule has 3 nitrogen and oxygen atoms in total. The predicted molar refractivity (Wildman–Crippen MR) is 121 cm³/mol. The Labute approximate surface area is 181 Å². The van der Waals surface area contributed by atoms with Gasteiger partial charge in [-0.2, -0.15) is 0 Å². The normalized spacial score (nSPS) is 23.0. The lowest BCUT2D eigenvalue weighted by Gasteiger charge is -2.38. The van der Waals surface area contributed by atoms with Gasteiger partial charge in [-0.1, -0.05) is 57.1 Å². The van der Waals surface area contributed by atoms with E-state index in [9.17, 15) is 13.6 Å². The zero-order valence-electron chi connectivity index (χ0n) is 19.3. The molecule has 4 atom stereocenters. The summed E-state index contributed by atoms with van der Waals surface area (Å²) in [4.78, 5) is 12.0. The smallest absolute Gasteiger partial charge is 0.384 e. The molecule has 0 aromatic heterocycles. The van der Waals surface area contributed by atoms with Crippen molar-refractivity contribution < 1.29 is 22.7 Å². The Kier molecular flexibility index (Phi) is 9.25. The number of rotatable bonds is 9. The maximum absolute atomic E-state index is 13.5. The van der Waals surface area contributed by atoms with Crippen LogP contribution in [0, 0.1) is 23.7 Å². The van der Waals surface area contributed by atoms with E-state index in [0.29, 0.717) is 6.42 Å². The standard InChI is InChI=1S/C24H36F2O3Si/c1-9-11-12-14-19(29-30(7,8)23(4,5)6)15-13-16-22(27)28-18(3)17-21-20(10-2)24(21,25)26/h9-12,14,18-21H,2,15,17H2,1,3-8H3/b11-9+,14-12+/t18-,19?,20?,21?/m1/s1. The van der Waals surface area contributed by atoms with Crippen LogP contribution in [-0.4, -0.2) is 32.4 Å². The van der Waals surface area contributed by atoms with Gasteiger partial charge in [-0.3, -0.25) is 0 Å². The molecule has 0 amide bonds. The van der Waals surface area contributed by atoms with E-state index in [4.69, 9.17) is 9.16 Å². The van der Waals surface area contributed by atoms with Crippen molar-refractivity contribution in [3.8, 4) is 11.8 Å². The highest BCUT2D eigenvalue weighted by atomic mass is 28.4. The first-order valence-electron chi connectivity index (χ1n) is 10.4. The lowest BCUT2D eigenvalue weighted by molar-refractivity contribution is -0.141. The van der Waals surface area contributed by atoms with Crippen LogP contribution in [0.5, 0.6) is 0 Å². The number of halogens is 2. The number of ether oxygens (including phenoxy) is 1. The molecule has 0 aromatic carbocycles. The third-order valence-corrected chi connectivity index (χ3v) is 10.3. The first-order chi connectivity index (χ1) is 13.8. The molecule has 3 unspecified atom stereocenters. The topological polar surface area (TPSA) is 35.5 Å². The average molecular weight is 439 g/mol. The third kappa shape index (κ3) is 7.52. The van der Waals surface area contributed by atoms with E-state index in [1.807, 2.05) is 31.2 Å². The summed E-state index contributed by atoms with van der Waals surface area (Å²) >= 11 is 0. The number of hydrogen-bond donors (Lipinski definition) is 0. The first-order valence-corrected chi connectivity index (χ1v) is 13.3. The van der Waals surface area contributed by atoms with Gasteiger partial charge in [-0.15, -0.1) is 6.58 Å². The molecular formula is C24H36F2O3Si. The van der Waals surface area contributed by atoms with Gasteiger partial charge in [0.15, 0.2) is 8.32 Å². The minimum absolute atomic E-state index is 0.0512. The van der Waals surface area contributed by atoms with E-state index in [1.165, 1.54) is 6.08 Å². The van der Waals surface area contributed by atoms with Gasteiger partial charge in [0.1, 0.15) is 6.10 Å². The van der Waals surface area contributed by atoms with Crippen LogP contribution in [0.1, 0.15) is 47.5 Å². The molecule has 1 aliphatic carbocycles. The SMILES string of the molecule is C=CC1C(C[C@@H](C)OC(=O)C#CCC(/C=C/C=C/C)O[Si](C)(C)C(C)(C)C)C1(F)F. The Bertz CT molecular complexity index is 723. The molecule has 6 heteroatoms. The summed E-state index contributed by atoms with van der Waals surface area (Å²) in [5.74, 6) is 0.195. The summed E-state index contributed by atoms with van der Waals surface area (Å²) < 4.78 is 38.6. The second-order valence-corrected chi connectivity index (χ2v) is 14.1. The Morgan fingerprint density at radius 3 is 2.43 bits per heavy atom. The van der Waals surface area contributed by atoms with Crippen molar-refractivity contribution in [3.05, 3.63) is 37.0 Å². The highest BCUT2D eigenvalue weighted by Crippen LogP contribution is 2.58. The van der Waals surface area contributed by atoms with E-state index in [0.717, 1.165) is 0 Å². The monoisotopic (exact) mass is 438 g/mol. The van der Waals surface area contributed by atoms with E-state index in [1.54, 1.807) is 6.92 Å². The minimum atomic E-state index is -2.75. The molecule has 1 rings (SSSR count). The zero-order chi connectivity index (χ0) is 23.2. The Morgan fingerprint density at radius 1 is 1.30 bits per heavy atom. The molecule has 0 aromatic rings. The van der Waals surface area contributed by atoms with Crippen molar-refractivity contribution >= 4 is 14.3 Å². The van der Waals surface area contributed by atoms with E-state index in [-0.39, 0.29) is 17.6 Å². The summed E-state index contributed by atoms with van der Waals surface area (Å²) in [6.45, 7) is 17.8. The zero-order valence-corrected chi connectivity index (χ0v) is 20.3. The van der Waals surface area contributed by atoms with Gasteiger partial charge in [0, 0.05) is 24.2 Å². The van der Waals surface area contributed by atoms with Crippen molar-refractivity contribution in [2.24, 2.45) is 11.8 Å². The maximum atomic E-state index is 13.5. The third-order valence-electron chi connectivity index (χ3n) is 5.79. The fourth-order valence-electron chi connectivity index (χ4n) is 2.89. The number of hydrogen-bond acceptors (Lipinski definition) is 3. The minimum Gasteiger partial charge on any atom is -0.453 e. The number of carbonyl (C=O) groups excluding carboxylic acids is 1. The van der Waals surface area contributed by atoms with Crippen molar-refractivity contribution in [3.63, 3.8) is 0 Å². The Morgan fingerprint density at radius 2 is 1.93 bits per heavy atom. The number of allylic oxidation sites excluding steroid dienone is 4. The van der Waals surface area contributed by atoms with E-state index >= 15 is 0 Å². The molecule has 0 radical (unpaired) electrons. The summed E-state index contributed by atoms with van der Waals surface area (Å²) in [7, 11) is -2.01. The first kappa shape index (κ1) is 26.3. The number of carbonyl (C=O) groups is 1. The predicted octanol–water partition coefficient (Wildman–Crippen LogP) is 6.29. The van der Waals surface area contributed by atoms with Crippen LogP contribution >= 0.6 is 0 Å². The molecule has 1 saturated carbocycles. The second kappa shape index (κ2) is 10.5. The van der Waals surface area contributed by atoms with Crippen molar-refractivity contribution in [1.82, 2.24) is 0 Å². The molecule has 0 aliphatic heterocycles. The van der Waals surface area contributed by atoms with Gasteiger partial charge in [0.2, 0.25) is 0 Å². The van der Waals surface area contributed by atoms with E-state index < -0.39 is 38.1 Å². The summed E-state index contributed by atoms with van der Waals surface area (Å²) in [6, 6.07) is 0. The summed E-state index contributed by atoms with van der Waals surface area (Å²) in [5.41, 5.74) is 0. The maximum Gasteiger partial charge on any atom is 0.384 e. The highest BCUT2D eigenvalue weighted by molar-refractivity contribution is 6.74. The quantitative estimate of drug-likeness (QED) is 0.106. The van der Waals surface area contributed by atoms with Crippen LogP contribution in [0.25, 0.3) is 0 Å². The molecule has 0 N–H and O–H groups in total. The van der Waals surface area contributed by atoms with Crippen molar-refractivity contribution in [2.45, 2.75) is 83.7 Å².